The van der Waals surface area contributed by atoms with Crippen molar-refractivity contribution in [3.8, 4) is 0 Å². The normalized spacial score (nSPS) is 10.4. The zero-order valence-corrected chi connectivity index (χ0v) is 11.6. The highest BCUT2D eigenvalue weighted by atomic mass is 35.5. The quantitative estimate of drug-likeness (QED) is 0.723. The van der Waals surface area contributed by atoms with Gasteiger partial charge in [-0.2, -0.15) is 0 Å². The molecular formula is C14H9Cl3O. The largest absolute Gasteiger partial charge is 0.294 e. The molecule has 0 aliphatic rings. The highest BCUT2D eigenvalue weighted by molar-refractivity contribution is 6.35. The van der Waals surface area contributed by atoms with Crippen LogP contribution in [-0.4, -0.2) is 5.78 Å². The fourth-order valence-electron chi connectivity index (χ4n) is 1.60. The predicted molar refractivity (Wildman–Crippen MR) is 75.9 cm³/mol. The molecule has 2 aromatic rings. The van der Waals surface area contributed by atoms with Crippen molar-refractivity contribution in [1.82, 2.24) is 0 Å². The first-order valence-electron chi connectivity index (χ1n) is 5.29. The van der Waals surface area contributed by atoms with Crippen LogP contribution in [0, 0.1) is 0 Å². The standard InChI is InChI=1S/C14H9Cl3O/c15-11-3-1-2-10(6-11)14(18)7-9-4-5-12(16)8-13(9)17/h1-6,8H,7H2. The third-order valence-electron chi connectivity index (χ3n) is 2.51. The highest BCUT2D eigenvalue weighted by Crippen LogP contribution is 2.22. The van der Waals surface area contributed by atoms with Crippen molar-refractivity contribution in [2.24, 2.45) is 0 Å². The van der Waals surface area contributed by atoms with Gasteiger partial charge >= 0.3 is 0 Å². The maximum Gasteiger partial charge on any atom is 0.167 e. The predicted octanol–water partition coefficient (Wildman–Crippen LogP) is 5.07. The Balaban J connectivity index is 2.21. The van der Waals surface area contributed by atoms with Crippen LogP contribution in [0.1, 0.15) is 15.9 Å². The van der Waals surface area contributed by atoms with E-state index in [-0.39, 0.29) is 12.2 Å². The lowest BCUT2D eigenvalue weighted by Gasteiger charge is -2.04. The summed E-state index contributed by atoms with van der Waals surface area (Å²) in [6.07, 6.45) is 0.232. The van der Waals surface area contributed by atoms with Crippen molar-refractivity contribution in [2.45, 2.75) is 6.42 Å². The first-order chi connectivity index (χ1) is 8.56. The molecule has 0 saturated heterocycles. The Morgan fingerprint density at radius 2 is 1.67 bits per heavy atom. The summed E-state index contributed by atoms with van der Waals surface area (Å²) in [5, 5.41) is 1.60. The average Bonchev–Trinajstić information content (AvgIpc) is 2.32. The van der Waals surface area contributed by atoms with Gasteiger partial charge in [0.15, 0.2) is 5.78 Å². The molecule has 18 heavy (non-hydrogen) atoms. The van der Waals surface area contributed by atoms with Crippen LogP contribution in [0.5, 0.6) is 0 Å². The van der Waals surface area contributed by atoms with Crippen molar-refractivity contribution >= 4 is 40.6 Å². The summed E-state index contributed by atoms with van der Waals surface area (Å²) in [5.74, 6) is -0.0262. The van der Waals surface area contributed by atoms with E-state index in [4.69, 9.17) is 34.8 Å². The van der Waals surface area contributed by atoms with Crippen LogP contribution >= 0.6 is 34.8 Å². The lowest BCUT2D eigenvalue weighted by Crippen LogP contribution is -2.03. The average molecular weight is 300 g/mol. The van der Waals surface area contributed by atoms with Gasteiger partial charge in [0.1, 0.15) is 0 Å². The van der Waals surface area contributed by atoms with Crippen molar-refractivity contribution in [1.29, 1.82) is 0 Å². The molecule has 2 rings (SSSR count). The number of hydrogen-bond donors (Lipinski definition) is 0. The zero-order valence-electron chi connectivity index (χ0n) is 9.29. The summed E-state index contributed by atoms with van der Waals surface area (Å²) in [6.45, 7) is 0. The molecule has 0 aliphatic carbocycles. The highest BCUT2D eigenvalue weighted by Gasteiger charge is 2.10. The fourth-order valence-corrected chi connectivity index (χ4v) is 2.27. The molecule has 92 valence electrons. The van der Waals surface area contributed by atoms with Gasteiger partial charge in [-0.3, -0.25) is 4.79 Å². The first kappa shape index (κ1) is 13.4. The molecule has 0 atom stereocenters. The number of carbonyl (C=O) groups excluding carboxylic acids is 1. The molecule has 0 saturated carbocycles. The maximum absolute atomic E-state index is 12.1. The smallest absolute Gasteiger partial charge is 0.167 e. The van der Waals surface area contributed by atoms with E-state index in [9.17, 15) is 4.79 Å². The van der Waals surface area contributed by atoms with Crippen molar-refractivity contribution in [3.05, 3.63) is 68.7 Å². The van der Waals surface area contributed by atoms with E-state index in [1.165, 1.54) is 0 Å². The van der Waals surface area contributed by atoms with Gasteiger partial charge in [-0.05, 0) is 29.8 Å². The molecule has 1 nitrogen and oxygen atoms in total. The number of Topliss-reactive ketones (excluding diaryl/α,β-unsaturated/α-hetero) is 1. The molecule has 0 aromatic heterocycles. The van der Waals surface area contributed by atoms with E-state index in [1.807, 2.05) is 0 Å². The molecular weight excluding hydrogens is 291 g/mol. The van der Waals surface area contributed by atoms with Crippen molar-refractivity contribution < 1.29 is 4.79 Å². The number of carbonyl (C=O) groups is 1. The first-order valence-corrected chi connectivity index (χ1v) is 6.42. The van der Waals surface area contributed by atoms with Crippen LogP contribution in [-0.2, 0) is 6.42 Å². The van der Waals surface area contributed by atoms with Crippen LogP contribution < -0.4 is 0 Å². The fraction of sp³-hybridized carbons (Fsp3) is 0.0714. The molecule has 0 bridgehead atoms. The van der Waals surface area contributed by atoms with Crippen LogP contribution in [0.25, 0.3) is 0 Å². The van der Waals surface area contributed by atoms with Crippen LogP contribution in [0.15, 0.2) is 42.5 Å². The monoisotopic (exact) mass is 298 g/mol. The summed E-state index contributed by atoms with van der Waals surface area (Å²) < 4.78 is 0. The molecule has 0 N–H and O–H groups in total. The molecule has 4 heteroatoms. The summed E-state index contributed by atoms with van der Waals surface area (Å²) in [4.78, 5) is 12.1. The van der Waals surface area contributed by atoms with Gasteiger partial charge < -0.3 is 0 Å². The SMILES string of the molecule is O=C(Cc1ccc(Cl)cc1Cl)c1cccc(Cl)c1. The minimum absolute atomic E-state index is 0.0262. The Bertz CT molecular complexity index is 593. The molecule has 2 aromatic carbocycles. The summed E-state index contributed by atoms with van der Waals surface area (Å²) in [7, 11) is 0. The minimum atomic E-state index is -0.0262. The number of hydrogen-bond acceptors (Lipinski definition) is 1. The number of benzene rings is 2. The van der Waals surface area contributed by atoms with Crippen molar-refractivity contribution in [2.75, 3.05) is 0 Å². The van der Waals surface area contributed by atoms with Gasteiger partial charge in [-0.25, -0.2) is 0 Å². The lowest BCUT2D eigenvalue weighted by molar-refractivity contribution is 0.0993. The molecule has 0 radical (unpaired) electrons. The molecule has 0 heterocycles. The summed E-state index contributed by atoms with van der Waals surface area (Å²) >= 11 is 17.7. The second-order valence-electron chi connectivity index (χ2n) is 3.85. The number of halogens is 3. The van der Waals surface area contributed by atoms with Gasteiger partial charge in [0.2, 0.25) is 0 Å². The van der Waals surface area contributed by atoms with Gasteiger partial charge in [-0.1, -0.05) is 53.0 Å². The third-order valence-corrected chi connectivity index (χ3v) is 3.33. The van der Waals surface area contributed by atoms with E-state index in [0.29, 0.717) is 20.6 Å². The summed E-state index contributed by atoms with van der Waals surface area (Å²) in [6, 6.07) is 12.0. The van der Waals surface area contributed by atoms with E-state index in [0.717, 1.165) is 5.56 Å². The molecule has 0 spiro atoms. The Labute approximate surface area is 120 Å². The molecule has 0 aliphatic heterocycles. The van der Waals surface area contributed by atoms with Crippen LogP contribution in [0.3, 0.4) is 0 Å². The zero-order chi connectivity index (χ0) is 13.1. The lowest BCUT2D eigenvalue weighted by atomic mass is 10.0. The molecule has 0 fully saturated rings. The topological polar surface area (TPSA) is 17.1 Å². The number of rotatable bonds is 3. The van der Waals surface area contributed by atoms with E-state index in [1.54, 1.807) is 42.5 Å². The second kappa shape index (κ2) is 5.75. The van der Waals surface area contributed by atoms with E-state index < -0.39 is 0 Å². The van der Waals surface area contributed by atoms with Crippen LogP contribution in [0.4, 0.5) is 0 Å². The minimum Gasteiger partial charge on any atom is -0.294 e. The van der Waals surface area contributed by atoms with Crippen LogP contribution in [0.2, 0.25) is 15.1 Å². The Morgan fingerprint density at radius 3 is 2.33 bits per heavy atom. The van der Waals surface area contributed by atoms with E-state index >= 15 is 0 Å². The third kappa shape index (κ3) is 3.26. The van der Waals surface area contributed by atoms with Gasteiger partial charge in [0.25, 0.3) is 0 Å². The van der Waals surface area contributed by atoms with Gasteiger partial charge in [-0.15, -0.1) is 0 Å². The Kier molecular flexibility index (Phi) is 4.28. The van der Waals surface area contributed by atoms with Gasteiger partial charge in [0, 0.05) is 27.1 Å². The van der Waals surface area contributed by atoms with Crippen molar-refractivity contribution in [3.63, 3.8) is 0 Å². The van der Waals surface area contributed by atoms with Gasteiger partial charge in [0.05, 0.1) is 0 Å². The Morgan fingerprint density at radius 1 is 0.944 bits per heavy atom. The van der Waals surface area contributed by atoms with E-state index in [2.05, 4.69) is 0 Å². The Hall–Kier alpha value is -1.02. The number of ketones is 1. The molecule has 0 amide bonds. The maximum atomic E-state index is 12.1. The molecule has 0 unspecified atom stereocenters. The summed E-state index contributed by atoms with van der Waals surface area (Å²) in [5.41, 5.74) is 1.33. The second-order valence-corrected chi connectivity index (χ2v) is 5.13.